The number of hydrogen-bond acceptors (Lipinski definition) is 6. The van der Waals surface area contributed by atoms with Crippen LogP contribution in [0.1, 0.15) is 5.56 Å². The zero-order chi connectivity index (χ0) is 18.3. The number of fused-ring (bicyclic) bond motifs is 1. The van der Waals surface area contributed by atoms with Crippen molar-refractivity contribution in [3.8, 4) is 5.75 Å². The summed E-state index contributed by atoms with van der Waals surface area (Å²) in [5.41, 5.74) is 1.39. The summed E-state index contributed by atoms with van der Waals surface area (Å²) < 4.78 is 5.22. The number of methoxy groups -OCH3 is 1. The van der Waals surface area contributed by atoms with Gasteiger partial charge < -0.3 is 4.74 Å². The van der Waals surface area contributed by atoms with E-state index in [2.05, 4.69) is 10.3 Å². The molecule has 0 saturated carbocycles. The molecule has 1 fully saturated rings. The molecular weight excluding hydrogens is 356 g/mol. The fourth-order valence-corrected chi connectivity index (χ4v) is 3.28. The van der Waals surface area contributed by atoms with Crippen LogP contribution in [0, 0.1) is 0 Å². The first-order valence-electron chi connectivity index (χ1n) is 8.02. The standard InChI is InChI=1S/C18H15ClN4O3/c1-26-14-4-2-3-11(9-14)10-22-16-15(20-21-22)17(24)23(18(16)25)13-7-5-12(19)6-8-13/h2-9,15-16H,10H2,1H3. The van der Waals surface area contributed by atoms with Crippen LogP contribution in [0.4, 0.5) is 5.69 Å². The summed E-state index contributed by atoms with van der Waals surface area (Å²) in [6.45, 7) is 0.356. The van der Waals surface area contributed by atoms with E-state index >= 15 is 0 Å². The minimum Gasteiger partial charge on any atom is -0.497 e. The van der Waals surface area contributed by atoms with E-state index < -0.39 is 12.1 Å². The van der Waals surface area contributed by atoms with E-state index in [1.807, 2.05) is 24.3 Å². The van der Waals surface area contributed by atoms with Crippen LogP contribution in [0.2, 0.25) is 5.02 Å². The van der Waals surface area contributed by atoms with Crippen molar-refractivity contribution < 1.29 is 14.3 Å². The molecule has 2 aromatic rings. The Morgan fingerprint density at radius 3 is 2.62 bits per heavy atom. The van der Waals surface area contributed by atoms with Crippen molar-refractivity contribution in [2.75, 3.05) is 12.0 Å². The van der Waals surface area contributed by atoms with Crippen molar-refractivity contribution in [3.05, 3.63) is 59.1 Å². The summed E-state index contributed by atoms with van der Waals surface area (Å²) >= 11 is 5.88. The van der Waals surface area contributed by atoms with Gasteiger partial charge in [-0.15, -0.1) is 0 Å². The predicted octanol–water partition coefficient (Wildman–Crippen LogP) is 2.84. The lowest BCUT2D eigenvalue weighted by atomic mass is 10.1. The summed E-state index contributed by atoms with van der Waals surface area (Å²) in [6, 6.07) is 12.5. The summed E-state index contributed by atoms with van der Waals surface area (Å²) in [5, 5.41) is 10.2. The van der Waals surface area contributed by atoms with E-state index in [0.717, 1.165) is 10.5 Å². The van der Waals surface area contributed by atoms with E-state index in [0.29, 0.717) is 23.0 Å². The number of amides is 2. The molecule has 2 aliphatic rings. The minimum absolute atomic E-state index is 0.338. The molecule has 132 valence electrons. The smallest absolute Gasteiger partial charge is 0.263 e. The number of rotatable bonds is 4. The van der Waals surface area contributed by atoms with Gasteiger partial charge in [0.25, 0.3) is 11.8 Å². The highest BCUT2D eigenvalue weighted by Crippen LogP contribution is 2.33. The molecule has 0 N–H and O–H groups in total. The molecule has 0 bridgehead atoms. The van der Waals surface area contributed by atoms with Crippen molar-refractivity contribution in [1.29, 1.82) is 0 Å². The number of benzene rings is 2. The van der Waals surface area contributed by atoms with Gasteiger partial charge in [-0.2, -0.15) is 5.11 Å². The Kier molecular flexibility index (Phi) is 4.08. The Hall–Kier alpha value is -2.93. The number of ether oxygens (including phenoxy) is 1. The molecule has 2 aliphatic heterocycles. The number of halogens is 1. The molecule has 2 aromatic carbocycles. The molecule has 0 aliphatic carbocycles. The van der Waals surface area contributed by atoms with E-state index in [9.17, 15) is 9.59 Å². The van der Waals surface area contributed by atoms with Gasteiger partial charge in [0, 0.05) is 5.02 Å². The van der Waals surface area contributed by atoms with Gasteiger partial charge in [-0.25, -0.2) is 4.90 Å². The molecule has 7 nitrogen and oxygen atoms in total. The third-order valence-electron chi connectivity index (χ3n) is 4.42. The molecule has 26 heavy (non-hydrogen) atoms. The molecule has 0 aromatic heterocycles. The highest BCUT2D eigenvalue weighted by atomic mass is 35.5. The predicted molar refractivity (Wildman–Crippen MR) is 94.9 cm³/mol. The Bertz CT molecular complexity index is 900. The monoisotopic (exact) mass is 370 g/mol. The molecular formula is C18H15ClN4O3. The summed E-state index contributed by atoms with van der Waals surface area (Å²) in [5.74, 6) is 0.00114. The van der Waals surface area contributed by atoms with Crippen LogP contribution in [0.5, 0.6) is 5.75 Å². The summed E-state index contributed by atoms with van der Waals surface area (Å²) in [6.07, 6.45) is 0. The van der Waals surface area contributed by atoms with Crippen LogP contribution in [-0.4, -0.2) is 36.0 Å². The molecule has 0 spiro atoms. The van der Waals surface area contributed by atoms with Crippen molar-refractivity contribution in [2.24, 2.45) is 10.3 Å². The molecule has 1 saturated heterocycles. The van der Waals surface area contributed by atoms with Crippen LogP contribution < -0.4 is 9.64 Å². The second kappa shape index (κ2) is 6.42. The maximum Gasteiger partial charge on any atom is 0.263 e. The Balaban J connectivity index is 1.58. The van der Waals surface area contributed by atoms with Crippen molar-refractivity contribution in [2.45, 2.75) is 18.6 Å². The van der Waals surface area contributed by atoms with E-state index in [-0.39, 0.29) is 11.8 Å². The number of hydrogen-bond donors (Lipinski definition) is 0. The van der Waals surface area contributed by atoms with Gasteiger partial charge in [-0.05, 0) is 42.0 Å². The highest BCUT2D eigenvalue weighted by molar-refractivity contribution is 6.31. The normalized spacial score (nSPS) is 21.5. The lowest BCUT2D eigenvalue weighted by Gasteiger charge is -2.20. The minimum atomic E-state index is -0.816. The zero-order valence-electron chi connectivity index (χ0n) is 13.9. The SMILES string of the molecule is COc1cccc(CN2N=NC3C(=O)N(c4ccc(Cl)cc4)C(=O)C32)c1. The summed E-state index contributed by atoms with van der Waals surface area (Å²) in [4.78, 5) is 26.7. The van der Waals surface area contributed by atoms with Gasteiger partial charge >= 0.3 is 0 Å². The van der Waals surface area contributed by atoms with E-state index in [1.165, 1.54) is 0 Å². The number of nitrogens with zero attached hydrogens (tertiary/aromatic N) is 4. The second-order valence-electron chi connectivity index (χ2n) is 6.03. The van der Waals surface area contributed by atoms with Crippen LogP contribution in [0.25, 0.3) is 0 Å². The lowest BCUT2D eigenvalue weighted by Crippen LogP contribution is -2.39. The maximum atomic E-state index is 12.9. The fourth-order valence-electron chi connectivity index (χ4n) is 3.16. The Labute approximate surface area is 154 Å². The first-order valence-corrected chi connectivity index (χ1v) is 8.40. The van der Waals surface area contributed by atoms with Gasteiger partial charge in [0.15, 0.2) is 12.1 Å². The summed E-state index contributed by atoms with van der Waals surface area (Å²) in [7, 11) is 1.59. The molecule has 2 amide bonds. The van der Waals surface area contributed by atoms with Crippen LogP contribution in [-0.2, 0) is 16.1 Å². The van der Waals surface area contributed by atoms with Crippen LogP contribution in [0.3, 0.4) is 0 Å². The number of anilines is 1. The van der Waals surface area contributed by atoms with Crippen LogP contribution >= 0.6 is 11.6 Å². The highest BCUT2D eigenvalue weighted by Gasteiger charge is 2.54. The maximum absolute atomic E-state index is 12.9. The van der Waals surface area contributed by atoms with Gasteiger partial charge in [-0.3, -0.25) is 14.6 Å². The van der Waals surface area contributed by atoms with E-state index in [4.69, 9.17) is 16.3 Å². The third-order valence-corrected chi connectivity index (χ3v) is 4.67. The Morgan fingerprint density at radius 1 is 1.12 bits per heavy atom. The topological polar surface area (TPSA) is 74.6 Å². The molecule has 0 radical (unpaired) electrons. The third kappa shape index (κ3) is 2.70. The second-order valence-corrected chi connectivity index (χ2v) is 6.47. The largest absolute Gasteiger partial charge is 0.497 e. The van der Waals surface area contributed by atoms with Gasteiger partial charge in [0.2, 0.25) is 0 Å². The first kappa shape index (κ1) is 16.5. The number of carbonyl (C=O) groups excluding carboxylic acids is 2. The van der Waals surface area contributed by atoms with Crippen molar-refractivity contribution in [3.63, 3.8) is 0 Å². The fraction of sp³-hybridized carbons (Fsp3) is 0.222. The number of imide groups is 1. The van der Waals surface area contributed by atoms with Gasteiger partial charge in [0.05, 0.1) is 19.3 Å². The number of carbonyl (C=O) groups is 2. The van der Waals surface area contributed by atoms with Crippen molar-refractivity contribution >= 4 is 29.1 Å². The molecule has 2 unspecified atom stereocenters. The molecule has 8 heteroatoms. The quantitative estimate of drug-likeness (QED) is 0.775. The van der Waals surface area contributed by atoms with E-state index in [1.54, 1.807) is 36.4 Å². The molecule has 2 atom stereocenters. The van der Waals surface area contributed by atoms with Gasteiger partial charge in [0.1, 0.15) is 5.75 Å². The van der Waals surface area contributed by atoms with Crippen LogP contribution in [0.15, 0.2) is 58.9 Å². The average molecular weight is 371 g/mol. The first-order chi connectivity index (χ1) is 12.6. The van der Waals surface area contributed by atoms with Gasteiger partial charge in [-0.1, -0.05) is 29.0 Å². The average Bonchev–Trinajstić information content (AvgIpc) is 3.17. The Morgan fingerprint density at radius 2 is 1.88 bits per heavy atom. The lowest BCUT2D eigenvalue weighted by molar-refractivity contribution is -0.123. The zero-order valence-corrected chi connectivity index (χ0v) is 14.6. The van der Waals surface area contributed by atoms with Crippen molar-refractivity contribution in [1.82, 2.24) is 5.01 Å². The molecule has 4 rings (SSSR count). The molecule has 2 heterocycles.